The Morgan fingerprint density at radius 1 is 0.805 bits per heavy atom. The molecule has 1 spiro atoms. The lowest BCUT2D eigenvalue weighted by atomic mass is 9.86. The number of aromatic hydroxyl groups is 1. The normalized spacial score (nSPS) is 15.9. The molecule has 0 atom stereocenters. The van der Waals surface area contributed by atoms with Crippen LogP contribution in [0.1, 0.15) is 27.0 Å². The lowest BCUT2D eigenvalue weighted by Crippen LogP contribution is -2.69. The fourth-order valence-corrected chi connectivity index (χ4v) is 4.96. The molecule has 2 aliphatic rings. The Labute approximate surface area is 234 Å². The van der Waals surface area contributed by atoms with Crippen LogP contribution in [-0.4, -0.2) is 28.8 Å². The zero-order chi connectivity index (χ0) is 28.4. The molecule has 0 saturated carbocycles. The smallest absolute Gasteiger partial charge is 0.288 e. The minimum atomic E-state index is -1.19. The number of amides is 3. The molecule has 10 nitrogen and oxygen atoms in total. The Kier molecular flexibility index (Phi) is 6.50. The second-order valence-corrected chi connectivity index (χ2v) is 9.42. The van der Waals surface area contributed by atoms with Crippen LogP contribution in [0.2, 0.25) is 0 Å². The third-order valence-electron chi connectivity index (χ3n) is 6.90. The van der Waals surface area contributed by atoms with Gasteiger partial charge in [-0.1, -0.05) is 78.9 Å². The molecule has 1 fully saturated rings. The minimum Gasteiger partial charge on any atom is -0.508 e. The summed E-state index contributed by atoms with van der Waals surface area (Å²) in [4.78, 5) is 39.6. The van der Waals surface area contributed by atoms with Gasteiger partial charge in [0.05, 0.1) is 0 Å². The van der Waals surface area contributed by atoms with E-state index in [-0.39, 0.29) is 23.3 Å². The number of hydrogen-bond acceptors (Lipinski definition) is 6. The highest BCUT2D eigenvalue weighted by molar-refractivity contribution is 6.10. The van der Waals surface area contributed by atoms with Gasteiger partial charge in [0.25, 0.3) is 17.7 Å². The van der Waals surface area contributed by atoms with Crippen LogP contribution in [0.5, 0.6) is 5.75 Å². The largest absolute Gasteiger partial charge is 0.508 e. The van der Waals surface area contributed by atoms with Crippen molar-refractivity contribution in [2.45, 2.75) is 5.54 Å². The Balaban J connectivity index is 1.23. The highest BCUT2D eigenvalue weighted by Gasteiger charge is 2.51. The number of hydrogen-bond donors (Lipinski definition) is 6. The first-order chi connectivity index (χ1) is 20.0. The number of hydrazine groups is 1. The first-order valence-electron chi connectivity index (χ1n) is 12.7. The van der Waals surface area contributed by atoms with Gasteiger partial charge < -0.3 is 10.4 Å². The van der Waals surface area contributed by atoms with E-state index >= 15 is 0 Å². The van der Waals surface area contributed by atoms with Gasteiger partial charge in [-0.05, 0) is 58.2 Å². The molecule has 6 N–H and O–H groups in total. The molecule has 0 bridgehead atoms. The van der Waals surface area contributed by atoms with Crippen molar-refractivity contribution in [1.82, 2.24) is 26.9 Å². The quantitative estimate of drug-likeness (QED) is 0.168. The first kappa shape index (κ1) is 25.5. The Bertz CT molecular complexity index is 1690. The van der Waals surface area contributed by atoms with Gasteiger partial charge in [-0.15, -0.1) is 5.10 Å². The maximum absolute atomic E-state index is 13.6. The number of phenols is 1. The molecule has 0 aromatic heterocycles. The molecule has 1 heterocycles. The fourth-order valence-electron chi connectivity index (χ4n) is 4.96. The number of benzene rings is 4. The number of phenolic OH excluding ortho intramolecular Hbond substituents is 1. The van der Waals surface area contributed by atoms with Crippen molar-refractivity contribution in [2.75, 3.05) is 0 Å². The lowest BCUT2D eigenvalue weighted by molar-refractivity contribution is -0.126. The Morgan fingerprint density at radius 2 is 1.41 bits per heavy atom. The van der Waals surface area contributed by atoms with Crippen LogP contribution in [0, 0.1) is 0 Å². The molecule has 41 heavy (non-hydrogen) atoms. The summed E-state index contributed by atoms with van der Waals surface area (Å²) in [7, 11) is 0. The summed E-state index contributed by atoms with van der Waals surface area (Å²) in [6, 6.07) is 29.8. The van der Waals surface area contributed by atoms with Crippen LogP contribution in [0.25, 0.3) is 17.2 Å². The molecular weight excluding hydrogens is 520 g/mol. The summed E-state index contributed by atoms with van der Waals surface area (Å²) in [5.41, 5.74) is 11.5. The number of nitrogens with zero attached hydrogens (tertiary/aromatic N) is 1. The van der Waals surface area contributed by atoms with Gasteiger partial charge in [0.2, 0.25) is 5.96 Å². The maximum atomic E-state index is 13.6. The molecule has 0 radical (unpaired) electrons. The number of nitrogens with one attached hydrogen (secondary N) is 5. The van der Waals surface area contributed by atoms with Gasteiger partial charge in [0.1, 0.15) is 11.4 Å². The summed E-state index contributed by atoms with van der Waals surface area (Å²) in [6.45, 7) is 0. The van der Waals surface area contributed by atoms with Crippen molar-refractivity contribution in [1.29, 1.82) is 0 Å². The summed E-state index contributed by atoms with van der Waals surface area (Å²) >= 11 is 0. The third-order valence-corrected chi connectivity index (χ3v) is 6.90. The summed E-state index contributed by atoms with van der Waals surface area (Å²) in [6.07, 6.45) is 1.45. The summed E-state index contributed by atoms with van der Waals surface area (Å²) in [5.74, 6) is -1.58. The van der Waals surface area contributed by atoms with Crippen LogP contribution in [0.4, 0.5) is 0 Å². The number of carbonyl (C=O) groups is 3. The maximum Gasteiger partial charge on any atom is 0.288 e. The van der Waals surface area contributed by atoms with E-state index in [2.05, 4.69) is 32.0 Å². The van der Waals surface area contributed by atoms with Gasteiger partial charge >= 0.3 is 0 Å². The van der Waals surface area contributed by atoms with E-state index < -0.39 is 17.4 Å². The van der Waals surface area contributed by atoms with Crippen molar-refractivity contribution in [3.05, 3.63) is 131 Å². The van der Waals surface area contributed by atoms with Crippen molar-refractivity contribution in [3.8, 4) is 16.9 Å². The van der Waals surface area contributed by atoms with Crippen LogP contribution < -0.4 is 26.9 Å². The van der Waals surface area contributed by atoms with E-state index in [1.54, 1.807) is 42.5 Å². The van der Waals surface area contributed by atoms with Gasteiger partial charge in [0, 0.05) is 5.56 Å². The molecular formula is C31H24N6O4. The molecule has 1 aliphatic heterocycles. The highest BCUT2D eigenvalue weighted by Crippen LogP contribution is 2.47. The molecule has 10 heteroatoms. The molecule has 3 amide bonds. The van der Waals surface area contributed by atoms with E-state index in [0.717, 1.165) is 22.3 Å². The average molecular weight is 545 g/mol. The van der Waals surface area contributed by atoms with E-state index in [0.29, 0.717) is 11.1 Å². The van der Waals surface area contributed by atoms with Gasteiger partial charge in [-0.3, -0.25) is 25.1 Å². The van der Waals surface area contributed by atoms with Gasteiger partial charge in [-0.25, -0.2) is 10.9 Å². The minimum absolute atomic E-state index is 0.0331. The van der Waals surface area contributed by atoms with Gasteiger partial charge in [0.15, 0.2) is 5.54 Å². The monoisotopic (exact) mass is 544 g/mol. The second-order valence-electron chi connectivity index (χ2n) is 9.42. The third kappa shape index (κ3) is 4.68. The van der Waals surface area contributed by atoms with E-state index in [1.165, 1.54) is 18.2 Å². The van der Waals surface area contributed by atoms with Crippen molar-refractivity contribution in [2.24, 2.45) is 5.10 Å². The number of fused-ring (bicyclic) bond motifs is 5. The Hall–Kier alpha value is -5.74. The predicted molar refractivity (Wildman–Crippen MR) is 153 cm³/mol. The summed E-state index contributed by atoms with van der Waals surface area (Å²) in [5, 5.41) is 19.0. The fraction of sp³-hybridized carbons (Fsp3) is 0.0323. The zero-order valence-electron chi connectivity index (χ0n) is 21.5. The Morgan fingerprint density at radius 3 is 2.05 bits per heavy atom. The number of hydrazone groups is 1. The van der Waals surface area contributed by atoms with Crippen molar-refractivity contribution < 1.29 is 19.5 Å². The van der Waals surface area contributed by atoms with Crippen molar-refractivity contribution in [3.63, 3.8) is 0 Å². The molecule has 0 unspecified atom stereocenters. The standard InChI is InChI=1S/C31H24N6O4/c38-21-16-14-19(15-17-21)18-26(32-27(39)20-8-2-1-3-9-20)28(40)34-35-30-33-29(41)31(37-36-30)24-12-6-4-10-22(24)23-11-5-7-13-25(23)31/h1-18,37-38H,(H,32,39)(H,34,40)(H2,33,35,36,41)/b26-18+. The predicted octanol–water partition coefficient (Wildman–Crippen LogP) is 2.70. The molecule has 202 valence electrons. The average Bonchev–Trinajstić information content (AvgIpc) is 3.29. The van der Waals surface area contributed by atoms with Gasteiger partial charge in [-0.2, -0.15) is 0 Å². The van der Waals surface area contributed by atoms with Crippen LogP contribution in [0.15, 0.2) is 114 Å². The molecule has 6 rings (SSSR count). The van der Waals surface area contributed by atoms with Crippen LogP contribution >= 0.6 is 0 Å². The molecule has 4 aromatic rings. The highest BCUT2D eigenvalue weighted by atomic mass is 16.3. The number of carbonyl (C=O) groups excluding carboxylic acids is 3. The molecule has 4 aromatic carbocycles. The van der Waals surface area contributed by atoms with E-state index in [4.69, 9.17) is 0 Å². The molecule has 1 aliphatic carbocycles. The van der Waals surface area contributed by atoms with E-state index in [9.17, 15) is 19.5 Å². The van der Waals surface area contributed by atoms with E-state index in [1.807, 2.05) is 48.5 Å². The lowest BCUT2D eigenvalue weighted by Gasteiger charge is -2.36. The number of guanidine groups is 1. The SMILES string of the molecule is O=C(N/N=C1/NNC2(C(=O)N1)c1ccccc1-c1ccccc12)/C(=C\c1ccc(O)cc1)NC(=O)c1ccccc1. The van der Waals surface area contributed by atoms with Crippen molar-refractivity contribution >= 4 is 29.8 Å². The van der Waals surface area contributed by atoms with Crippen LogP contribution in [0.3, 0.4) is 0 Å². The second kappa shape index (κ2) is 10.4. The molecule has 1 saturated heterocycles. The topological polar surface area (TPSA) is 144 Å². The zero-order valence-corrected chi connectivity index (χ0v) is 21.5. The number of rotatable bonds is 5. The summed E-state index contributed by atoms with van der Waals surface area (Å²) < 4.78 is 0. The van der Waals surface area contributed by atoms with Crippen LogP contribution in [-0.2, 0) is 15.1 Å². The first-order valence-corrected chi connectivity index (χ1v) is 12.7.